The number of carbonyl (C=O) groups is 2. The van der Waals surface area contributed by atoms with Gasteiger partial charge in [0.1, 0.15) is 6.04 Å². The van der Waals surface area contributed by atoms with Crippen molar-refractivity contribution in [2.75, 3.05) is 6.54 Å². The molecule has 0 fully saturated rings. The third-order valence-electron chi connectivity index (χ3n) is 3.76. The van der Waals surface area contributed by atoms with Crippen LogP contribution in [0, 0.1) is 0 Å². The van der Waals surface area contributed by atoms with E-state index in [1.54, 1.807) is 47.5 Å². The minimum Gasteiger partial charge on any atom is -0.479 e. The topological polar surface area (TPSA) is 75.4 Å². The first-order valence-corrected chi connectivity index (χ1v) is 7.56. The lowest BCUT2D eigenvalue weighted by molar-refractivity contribution is -0.152. The molecule has 0 bridgehead atoms. The molecule has 0 saturated heterocycles. The summed E-state index contributed by atoms with van der Waals surface area (Å²) in [6, 6.07) is 2.13. The third kappa shape index (κ3) is 2.33. The van der Waals surface area contributed by atoms with Crippen LogP contribution in [-0.4, -0.2) is 38.2 Å². The molecule has 2 aromatic heterocycles. The van der Waals surface area contributed by atoms with Gasteiger partial charge in [-0.3, -0.25) is 9.48 Å². The molecule has 2 aromatic rings. The summed E-state index contributed by atoms with van der Waals surface area (Å²) >= 11 is 1.55. The van der Waals surface area contributed by atoms with E-state index >= 15 is 0 Å². The van der Waals surface area contributed by atoms with E-state index in [-0.39, 0.29) is 5.91 Å². The van der Waals surface area contributed by atoms with Gasteiger partial charge in [-0.05, 0) is 36.4 Å². The van der Waals surface area contributed by atoms with Gasteiger partial charge < -0.3 is 10.0 Å². The molecule has 1 N–H and O–H groups in total. The fourth-order valence-electron chi connectivity index (χ4n) is 2.68. The standard InChI is InChI=1S/C14H15N3O3S/c1-9(17-6-2-5-15-17)13(18)16-7-3-11-10(4-8-21-11)12(16)14(19)20/h2,4-6,8-9,12H,3,7H2,1H3,(H,19,20). The molecule has 1 aliphatic rings. The van der Waals surface area contributed by atoms with Gasteiger partial charge in [-0.25, -0.2) is 4.79 Å². The fraction of sp³-hybridized carbons (Fsp3) is 0.357. The zero-order valence-electron chi connectivity index (χ0n) is 11.5. The van der Waals surface area contributed by atoms with Crippen molar-refractivity contribution < 1.29 is 14.7 Å². The highest BCUT2D eigenvalue weighted by atomic mass is 32.1. The van der Waals surface area contributed by atoms with E-state index in [4.69, 9.17) is 0 Å². The molecule has 0 aromatic carbocycles. The average molecular weight is 305 g/mol. The van der Waals surface area contributed by atoms with Crippen molar-refractivity contribution in [3.63, 3.8) is 0 Å². The van der Waals surface area contributed by atoms with E-state index in [1.807, 2.05) is 5.38 Å². The van der Waals surface area contributed by atoms with Crippen LogP contribution in [0.4, 0.5) is 0 Å². The number of carboxylic acids is 1. The maximum atomic E-state index is 12.6. The molecular weight excluding hydrogens is 290 g/mol. The molecule has 0 radical (unpaired) electrons. The lowest BCUT2D eigenvalue weighted by atomic mass is 9.99. The predicted octanol–water partition coefficient (Wildman–Crippen LogP) is 1.72. The van der Waals surface area contributed by atoms with Crippen molar-refractivity contribution in [2.24, 2.45) is 0 Å². The number of nitrogens with zero attached hydrogens (tertiary/aromatic N) is 3. The second-order valence-corrected chi connectivity index (χ2v) is 5.98. The fourth-order valence-corrected chi connectivity index (χ4v) is 3.59. The van der Waals surface area contributed by atoms with Gasteiger partial charge in [-0.15, -0.1) is 11.3 Å². The van der Waals surface area contributed by atoms with Crippen LogP contribution in [0.25, 0.3) is 0 Å². The number of carbonyl (C=O) groups excluding carboxylic acids is 1. The maximum Gasteiger partial charge on any atom is 0.331 e. The third-order valence-corrected chi connectivity index (χ3v) is 4.76. The van der Waals surface area contributed by atoms with Crippen LogP contribution in [-0.2, 0) is 16.0 Å². The lowest BCUT2D eigenvalue weighted by Gasteiger charge is -2.34. The van der Waals surface area contributed by atoms with E-state index in [0.717, 1.165) is 10.4 Å². The monoisotopic (exact) mass is 305 g/mol. The molecular formula is C14H15N3O3S. The Morgan fingerprint density at radius 1 is 1.52 bits per heavy atom. The number of aliphatic carboxylic acids is 1. The van der Waals surface area contributed by atoms with E-state index in [0.29, 0.717) is 13.0 Å². The molecule has 0 spiro atoms. The smallest absolute Gasteiger partial charge is 0.331 e. The zero-order valence-corrected chi connectivity index (χ0v) is 12.3. The Hall–Kier alpha value is -2.15. The van der Waals surface area contributed by atoms with Crippen LogP contribution in [0.1, 0.15) is 29.4 Å². The normalized spacial score (nSPS) is 19.1. The number of hydrogen-bond acceptors (Lipinski definition) is 4. The Kier molecular flexibility index (Phi) is 3.50. The van der Waals surface area contributed by atoms with E-state index in [1.165, 1.54) is 4.90 Å². The van der Waals surface area contributed by atoms with Gasteiger partial charge >= 0.3 is 5.97 Å². The Labute approximate surface area is 125 Å². The van der Waals surface area contributed by atoms with Crippen LogP contribution >= 0.6 is 11.3 Å². The SMILES string of the molecule is CC(C(=O)N1CCc2sccc2C1C(=O)O)n1cccn1. The van der Waals surface area contributed by atoms with Crippen LogP contribution in [0.2, 0.25) is 0 Å². The van der Waals surface area contributed by atoms with Crippen molar-refractivity contribution in [1.29, 1.82) is 0 Å². The number of amides is 1. The number of hydrogen-bond donors (Lipinski definition) is 1. The molecule has 2 unspecified atom stereocenters. The highest BCUT2D eigenvalue weighted by Gasteiger charge is 2.38. The highest BCUT2D eigenvalue weighted by molar-refractivity contribution is 7.10. The molecule has 3 heterocycles. The Balaban J connectivity index is 1.91. The van der Waals surface area contributed by atoms with Gasteiger partial charge in [0, 0.05) is 23.8 Å². The Morgan fingerprint density at radius 2 is 2.33 bits per heavy atom. The average Bonchev–Trinajstić information content (AvgIpc) is 3.14. The minimum absolute atomic E-state index is 0.219. The first-order chi connectivity index (χ1) is 10.1. The van der Waals surface area contributed by atoms with Gasteiger partial charge in [0.05, 0.1) is 0 Å². The Bertz CT molecular complexity index is 665. The van der Waals surface area contributed by atoms with Crippen LogP contribution < -0.4 is 0 Å². The second kappa shape index (κ2) is 5.33. The molecule has 21 heavy (non-hydrogen) atoms. The number of carboxylic acid groups (broad SMARTS) is 1. The van der Waals surface area contributed by atoms with E-state index in [9.17, 15) is 14.7 Å². The van der Waals surface area contributed by atoms with Crippen molar-refractivity contribution in [1.82, 2.24) is 14.7 Å². The number of thiophene rings is 1. The van der Waals surface area contributed by atoms with Crippen molar-refractivity contribution in [3.05, 3.63) is 40.3 Å². The van der Waals surface area contributed by atoms with Crippen LogP contribution in [0.15, 0.2) is 29.9 Å². The maximum absolute atomic E-state index is 12.6. The quantitative estimate of drug-likeness (QED) is 0.937. The first kappa shape index (κ1) is 13.8. The van der Waals surface area contributed by atoms with Crippen molar-refractivity contribution in [2.45, 2.75) is 25.4 Å². The largest absolute Gasteiger partial charge is 0.479 e. The van der Waals surface area contributed by atoms with Gasteiger partial charge in [0.15, 0.2) is 6.04 Å². The summed E-state index contributed by atoms with van der Waals surface area (Å²) < 4.78 is 1.55. The molecule has 2 atom stereocenters. The summed E-state index contributed by atoms with van der Waals surface area (Å²) in [5, 5.41) is 15.5. The van der Waals surface area contributed by atoms with E-state index in [2.05, 4.69) is 5.10 Å². The van der Waals surface area contributed by atoms with Crippen molar-refractivity contribution >= 4 is 23.2 Å². The lowest BCUT2D eigenvalue weighted by Crippen LogP contribution is -2.45. The highest BCUT2D eigenvalue weighted by Crippen LogP contribution is 2.34. The van der Waals surface area contributed by atoms with Gasteiger partial charge in [-0.2, -0.15) is 5.10 Å². The molecule has 7 heteroatoms. The van der Waals surface area contributed by atoms with Gasteiger partial charge in [0.2, 0.25) is 5.91 Å². The molecule has 6 nitrogen and oxygen atoms in total. The van der Waals surface area contributed by atoms with Crippen LogP contribution in [0.5, 0.6) is 0 Å². The van der Waals surface area contributed by atoms with E-state index < -0.39 is 18.1 Å². The molecule has 1 amide bonds. The molecule has 1 aliphatic heterocycles. The first-order valence-electron chi connectivity index (χ1n) is 6.68. The summed E-state index contributed by atoms with van der Waals surface area (Å²) in [5.74, 6) is -1.21. The molecule has 3 rings (SSSR count). The summed E-state index contributed by atoms with van der Waals surface area (Å²) in [6.07, 6.45) is 4.01. The van der Waals surface area contributed by atoms with Gasteiger partial charge in [-0.1, -0.05) is 0 Å². The zero-order chi connectivity index (χ0) is 15.0. The summed E-state index contributed by atoms with van der Waals surface area (Å²) in [6.45, 7) is 2.16. The molecule has 110 valence electrons. The summed E-state index contributed by atoms with van der Waals surface area (Å²) in [4.78, 5) is 26.8. The van der Waals surface area contributed by atoms with Gasteiger partial charge in [0.25, 0.3) is 0 Å². The second-order valence-electron chi connectivity index (χ2n) is 4.98. The minimum atomic E-state index is -0.990. The number of rotatable bonds is 3. The summed E-state index contributed by atoms with van der Waals surface area (Å²) in [5.41, 5.74) is 0.736. The molecule has 0 aliphatic carbocycles. The number of aromatic nitrogens is 2. The predicted molar refractivity (Wildman–Crippen MR) is 77.1 cm³/mol. The summed E-state index contributed by atoms with van der Waals surface area (Å²) in [7, 11) is 0. The molecule has 0 saturated carbocycles. The van der Waals surface area contributed by atoms with Crippen LogP contribution in [0.3, 0.4) is 0 Å². The Morgan fingerprint density at radius 3 is 3.00 bits per heavy atom. The number of fused-ring (bicyclic) bond motifs is 1. The van der Waals surface area contributed by atoms with Crippen molar-refractivity contribution in [3.8, 4) is 0 Å².